The summed E-state index contributed by atoms with van der Waals surface area (Å²) in [6.07, 6.45) is 0.437. The summed E-state index contributed by atoms with van der Waals surface area (Å²) in [4.78, 5) is 28.3. The highest BCUT2D eigenvalue weighted by Gasteiger charge is 2.12. The number of Topliss-reactive ketones (excluding diaryl/α,β-unsaturated/α-hetero) is 1. The van der Waals surface area contributed by atoms with E-state index in [0.29, 0.717) is 0 Å². The minimum absolute atomic E-state index is 0.0270. The van der Waals surface area contributed by atoms with E-state index in [2.05, 4.69) is 10.2 Å². The molecule has 0 spiro atoms. The van der Waals surface area contributed by atoms with Crippen molar-refractivity contribution >= 4 is 28.7 Å². The van der Waals surface area contributed by atoms with Gasteiger partial charge in [-0.1, -0.05) is 12.1 Å². The number of nitrogens with one attached hydrogen (secondary N) is 1. The van der Waals surface area contributed by atoms with Crippen LogP contribution in [-0.4, -0.2) is 42.9 Å². The Labute approximate surface area is 158 Å². The lowest BCUT2D eigenvalue weighted by atomic mass is 10.1. The van der Waals surface area contributed by atoms with Crippen molar-refractivity contribution in [1.82, 2.24) is 4.90 Å². The zero-order valence-corrected chi connectivity index (χ0v) is 15.8. The first kappa shape index (κ1) is 18.8. The van der Waals surface area contributed by atoms with Gasteiger partial charge in [-0.05, 0) is 36.8 Å². The summed E-state index contributed by atoms with van der Waals surface area (Å²) in [7, 11) is 0. The van der Waals surface area contributed by atoms with Crippen LogP contribution in [0.2, 0.25) is 0 Å². The van der Waals surface area contributed by atoms with E-state index in [9.17, 15) is 9.59 Å². The number of rotatable bonds is 7. The molecular formula is C20H24N2O3S. The number of benzene rings is 1. The van der Waals surface area contributed by atoms with E-state index in [-0.39, 0.29) is 24.5 Å². The summed E-state index contributed by atoms with van der Waals surface area (Å²) in [5.41, 5.74) is 1.98. The molecule has 1 N–H and O–H groups in total. The number of hydrogen-bond donors (Lipinski definition) is 1. The van der Waals surface area contributed by atoms with Crippen molar-refractivity contribution in [2.45, 2.75) is 26.3 Å². The molecule has 0 bridgehead atoms. The van der Waals surface area contributed by atoms with E-state index in [1.807, 2.05) is 43.3 Å². The first-order valence-electron chi connectivity index (χ1n) is 8.89. The van der Waals surface area contributed by atoms with E-state index in [1.54, 1.807) is 0 Å². The molecule has 0 atom stereocenters. The minimum atomic E-state index is -0.132. The Morgan fingerprint density at radius 1 is 1.08 bits per heavy atom. The molecule has 0 radical (unpaired) electrons. The lowest BCUT2D eigenvalue weighted by molar-refractivity contribution is -0.116. The Morgan fingerprint density at radius 3 is 2.46 bits per heavy atom. The maximum Gasteiger partial charge on any atom is 0.224 e. The molecule has 1 fully saturated rings. The highest BCUT2D eigenvalue weighted by Crippen LogP contribution is 2.18. The number of nitrogens with zero attached hydrogens (tertiary/aromatic N) is 1. The fourth-order valence-electron chi connectivity index (χ4n) is 2.87. The quantitative estimate of drug-likeness (QED) is 0.756. The average Bonchev–Trinajstić information content (AvgIpc) is 3.09. The van der Waals surface area contributed by atoms with Crippen molar-refractivity contribution in [2.24, 2.45) is 0 Å². The van der Waals surface area contributed by atoms with Crippen LogP contribution in [0.3, 0.4) is 0 Å². The monoisotopic (exact) mass is 372 g/mol. The molecule has 2 aromatic rings. The summed E-state index contributed by atoms with van der Waals surface area (Å²) in [5, 5.41) is 2.86. The summed E-state index contributed by atoms with van der Waals surface area (Å²) >= 11 is 1.47. The number of aryl methyl sites for hydroxylation is 1. The summed E-state index contributed by atoms with van der Waals surface area (Å²) in [6, 6.07) is 11.6. The Morgan fingerprint density at radius 2 is 1.81 bits per heavy atom. The molecule has 1 aromatic heterocycles. The van der Waals surface area contributed by atoms with Crippen LogP contribution in [0.15, 0.2) is 36.4 Å². The van der Waals surface area contributed by atoms with Gasteiger partial charge in [0.1, 0.15) is 0 Å². The Kier molecular flexibility index (Phi) is 6.55. The second kappa shape index (κ2) is 9.07. The fraction of sp³-hybridized carbons (Fsp3) is 0.400. The molecule has 1 aliphatic rings. The normalized spacial score (nSPS) is 15.0. The van der Waals surface area contributed by atoms with Crippen molar-refractivity contribution in [1.29, 1.82) is 0 Å². The first-order chi connectivity index (χ1) is 12.6. The van der Waals surface area contributed by atoms with Gasteiger partial charge < -0.3 is 10.1 Å². The van der Waals surface area contributed by atoms with E-state index in [1.165, 1.54) is 16.9 Å². The van der Waals surface area contributed by atoms with Gasteiger partial charge in [-0.3, -0.25) is 14.5 Å². The lowest BCUT2D eigenvalue weighted by Gasteiger charge is -2.26. The molecule has 3 rings (SSSR count). The minimum Gasteiger partial charge on any atom is -0.379 e. The zero-order chi connectivity index (χ0) is 18.4. The number of morpholine rings is 1. The molecular weight excluding hydrogens is 348 g/mol. The third-order valence-corrected chi connectivity index (χ3v) is 5.38. The van der Waals surface area contributed by atoms with Crippen LogP contribution in [-0.2, 0) is 16.1 Å². The molecule has 0 saturated carbocycles. The molecule has 138 valence electrons. The largest absolute Gasteiger partial charge is 0.379 e. The molecule has 2 heterocycles. The number of hydrogen-bond acceptors (Lipinski definition) is 5. The number of thiophene rings is 1. The molecule has 1 aromatic carbocycles. The second-order valence-corrected chi connectivity index (χ2v) is 7.75. The van der Waals surface area contributed by atoms with Crippen LogP contribution in [0.1, 0.15) is 33.0 Å². The smallest absolute Gasteiger partial charge is 0.224 e. The van der Waals surface area contributed by atoms with Gasteiger partial charge in [0.15, 0.2) is 5.78 Å². The standard InChI is InChI=1S/C20H24N2O3S/c1-15-2-8-19(26-15)18(23)7-9-20(24)21-17-5-3-16(4-6-17)14-22-10-12-25-13-11-22/h2-6,8H,7,9-14H2,1H3,(H,21,24). The predicted octanol–water partition coefficient (Wildman–Crippen LogP) is 3.49. The van der Waals surface area contributed by atoms with Crippen LogP contribution >= 0.6 is 11.3 Å². The Bertz CT molecular complexity index is 749. The molecule has 1 aliphatic heterocycles. The molecule has 26 heavy (non-hydrogen) atoms. The van der Waals surface area contributed by atoms with E-state index in [4.69, 9.17) is 4.74 Å². The summed E-state index contributed by atoms with van der Waals surface area (Å²) < 4.78 is 5.36. The third kappa shape index (κ3) is 5.49. The first-order valence-corrected chi connectivity index (χ1v) is 9.70. The maximum atomic E-state index is 12.1. The van der Waals surface area contributed by atoms with Gasteiger partial charge in [0.2, 0.25) is 5.91 Å². The van der Waals surface area contributed by atoms with Crippen LogP contribution in [0, 0.1) is 6.92 Å². The molecule has 1 amide bonds. The predicted molar refractivity (Wildman–Crippen MR) is 104 cm³/mol. The van der Waals surface area contributed by atoms with Crippen LogP contribution in [0.5, 0.6) is 0 Å². The number of ether oxygens (including phenoxy) is 1. The lowest BCUT2D eigenvalue weighted by Crippen LogP contribution is -2.35. The fourth-order valence-corrected chi connectivity index (χ4v) is 3.70. The molecule has 0 aliphatic carbocycles. The average molecular weight is 372 g/mol. The second-order valence-electron chi connectivity index (χ2n) is 6.47. The SMILES string of the molecule is Cc1ccc(C(=O)CCC(=O)Nc2ccc(CN3CCOCC3)cc2)s1. The number of ketones is 1. The molecule has 0 unspecified atom stereocenters. The van der Waals surface area contributed by atoms with Crippen molar-refractivity contribution < 1.29 is 14.3 Å². The Hall–Kier alpha value is -2.02. The molecule has 6 heteroatoms. The van der Waals surface area contributed by atoms with Crippen LogP contribution in [0.4, 0.5) is 5.69 Å². The summed E-state index contributed by atoms with van der Waals surface area (Å²) in [5.74, 6) is -0.105. The van der Waals surface area contributed by atoms with E-state index >= 15 is 0 Å². The molecule has 1 saturated heterocycles. The van der Waals surface area contributed by atoms with Crippen molar-refractivity contribution in [3.8, 4) is 0 Å². The molecule has 5 nitrogen and oxygen atoms in total. The topological polar surface area (TPSA) is 58.6 Å². The van der Waals surface area contributed by atoms with Gasteiger partial charge >= 0.3 is 0 Å². The van der Waals surface area contributed by atoms with Gasteiger partial charge in [-0.2, -0.15) is 0 Å². The number of carbonyl (C=O) groups is 2. The Balaban J connectivity index is 1.44. The van der Waals surface area contributed by atoms with Crippen molar-refractivity contribution in [2.75, 3.05) is 31.6 Å². The van der Waals surface area contributed by atoms with Gasteiger partial charge in [-0.25, -0.2) is 0 Å². The van der Waals surface area contributed by atoms with Gasteiger partial charge in [0.05, 0.1) is 18.1 Å². The summed E-state index contributed by atoms with van der Waals surface area (Å²) in [6.45, 7) is 6.35. The van der Waals surface area contributed by atoms with Crippen molar-refractivity contribution in [3.05, 3.63) is 51.7 Å². The number of anilines is 1. The maximum absolute atomic E-state index is 12.1. The number of carbonyl (C=O) groups excluding carboxylic acids is 2. The highest BCUT2D eigenvalue weighted by molar-refractivity contribution is 7.14. The highest BCUT2D eigenvalue weighted by atomic mass is 32.1. The third-order valence-electron chi connectivity index (χ3n) is 4.34. The van der Waals surface area contributed by atoms with Crippen LogP contribution in [0.25, 0.3) is 0 Å². The van der Waals surface area contributed by atoms with Crippen LogP contribution < -0.4 is 5.32 Å². The number of amides is 1. The van der Waals surface area contributed by atoms with Crippen molar-refractivity contribution in [3.63, 3.8) is 0 Å². The van der Waals surface area contributed by atoms with Gasteiger partial charge in [0, 0.05) is 43.0 Å². The van der Waals surface area contributed by atoms with Gasteiger partial charge in [-0.15, -0.1) is 11.3 Å². The van der Waals surface area contributed by atoms with E-state index in [0.717, 1.165) is 48.3 Å². The van der Waals surface area contributed by atoms with E-state index < -0.39 is 0 Å². The zero-order valence-electron chi connectivity index (χ0n) is 15.0. The van der Waals surface area contributed by atoms with Gasteiger partial charge in [0.25, 0.3) is 0 Å².